The lowest BCUT2D eigenvalue weighted by Crippen LogP contribution is -2.05. The highest BCUT2D eigenvalue weighted by molar-refractivity contribution is 5.70. The molecule has 0 aliphatic rings. The van der Waals surface area contributed by atoms with Crippen molar-refractivity contribution in [2.24, 2.45) is 0 Å². The third kappa shape index (κ3) is 1.69. The molecule has 0 aliphatic heterocycles. The monoisotopic (exact) mass is 221 g/mol. The first-order valence-electron chi connectivity index (χ1n) is 4.71. The quantitative estimate of drug-likeness (QED) is 0.824. The highest BCUT2D eigenvalue weighted by Gasteiger charge is 2.12. The first-order valence-corrected chi connectivity index (χ1v) is 4.71. The Morgan fingerprint density at radius 3 is 3.00 bits per heavy atom. The standard InChI is InChI=1S/C10H11N3O3/c1-6-7(3-10(14)15)13-5-9(16-2)11-4-8(13)12-6/h4-5H,3H2,1-2H3,(H,14,15). The molecule has 2 rings (SSSR count). The summed E-state index contributed by atoms with van der Waals surface area (Å²) in [6, 6.07) is 0. The van der Waals surface area contributed by atoms with Crippen molar-refractivity contribution in [1.82, 2.24) is 14.4 Å². The molecule has 0 saturated heterocycles. The van der Waals surface area contributed by atoms with Crippen LogP contribution in [0, 0.1) is 6.92 Å². The van der Waals surface area contributed by atoms with Gasteiger partial charge in [-0.2, -0.15) is 0 Å². The van der Waals surface area contributed by atoms with Crippen molar-refractivity contribution in [3.63, 3.8) is 0 Å². The minimum absolute atomic E-state index is 0.0693. The number of aryl methyl sites for hydroxylation is 1. The summed E-state index contributed by atoms with van der Waals surface area (Å²) in [4.78, 5) is 19.0. The van der Waals surface area contributed by atoms with Crippen LogP contribution in [0.3, 0.4) is 0 Å². The van der Waals surface area contributed by atoms with Gasteiger partial charge in [0.25, 0.3) is 0 Å². The highest BCUT2D eigenvalue weighted by atomic mass is 16.5. The Bertz CT molecular complexity index is 547. The van der Waals surface area contributed by atoms with E-state index in [2.05, 4.69) is 9.97 Å². The molecule has 6 nitrogen and oxygen atoms in total. The number of ether oxygens (including phenoxy) is 1. The third-order valence-electron chi connectivity index (χ3n) is 2.31. The molecule has 0 unspecified atom stereocenters. The van der Waals surface area contributed by atoms with Gasteiger partial charge in [0.15, 0.2) is 5.65 Å². The molecule has 0 aromatic carbocycles. The van der Waals surface area contributed by atoms with Gasteiger partial charge in [0, 0.05) is 0 Å². The van der Waals surface area contributed by atoms with E-state index in [1.54, 1.807) is 23.7 Å². The minimum atomic E-state index is -0.888. The molecule has 2 heterocycles. The maximum Gasteiger partial charge on any atom is 0.309 e. The van der Waals surface area contributed by atoms with Crippen molar-refractivity contribution in [3.8, 4) is 5.88 Å². The Morgan fingerprint density at radius 1 is 1.62 bits per heavy atom. The van der Waals surface area contributed by atoms with Gasteiger partial charge in [-0.3, -0.25) is 9.20 Å². The zero-order chi connectivity index (χ0) is 11.7. The lowest BCUT2D eigenvalue weighted by atomic mass is 10.2. The molecule has 0 aliphatic carbocycles. The number of carboxylic acids is 1. The Labute approximate surface area is 91.5 Å². The lowest BCUT2D eigenvalue weighted by molar-refractivity contribution is -0.136. The number of methoxy groups -OCH3 is 1. The first kappa shape index (κ1) is 10.4. The average molecular weight is 221 g/mol. The van der Waals surface area contributed by atoms with Crippen LogP contribution in [-0.2, 0) is 11.2 Å². The molecule has 1 N–H and O–H groups in total. The molecule has 0 fully saturated rings. The molecule has 0 spiro atoms. The number of aromatic nitrogens is 3. The molecule has 2 aromatic heterocycles. The van der Waals surface area contributed by atoms with Crippen LogP contribution < -0.4 is 4.74 Å². The molecule has 0 amide bonds. The molecule has 0 radical (unpaired) electrons. The topological polar surface area (TPSA) is 76.7 Å². The van der Waals surface area contributed by atoms with Crippen LogP contribution in [-0.4, -0.2) is 32.6 Å². The summed E-state index contributed by atoms with van der Waals surface area (Å²) in [6.07, 6.45) is 3.12. The van der Waals surface area contributed by atoms with Gasteiger partial charge in [-0.05, 0) is 6.92 Å². The lowest BCUT2D eigenvalue weighted by Gasteiger charge is -2.02. The van der Waals surface area contributed by atoms with Gasteiger partial charge in [-0.1, -0.05) is 0 Å². The normalized spacial score (nSPS) is 10.6. The second kappa shape index (κ2) is 3.80. The van der Waals surface area contributed by atoms with E-state index in [0.717, 1.165) is 0 Å². The minimum Gasteiger partial charge on any atom is -0.481 e. The fourth-order valence-corrected chi connectivity index (χ4v) is 1.56. The van der Waals surface area contributed by atoms with Crippen molar-refractivity contribution >= 4 is 11.6 Å². The fourth-order valence-electron chi connectivity index (χ4n) is 1.56. The van der Waals surface area contributed by atoms with E-state index < -0.39 is 5.97 Å². The SMILES string of the molecule is COc1cn2c(CC(=O)O)c(C)nc2cn1. The number of hydrogen-bond donors (Lipinski definition) is 1. The zero-order valence-corrected chi connectivity index (χ0v) is 8.97. The van der Waals surface area contributed by atoms with Crippen LogP contribution in [0.2, 0.25) is 0 Å². The Kier molecular flexibility index (Phi) is 2.47. The van der Waals surface area contributed by atoms with Gasteiger partial charge in [-0.25, -0.2) is 9.97 Å². The molecule has 2 aromatic rings. The number of fused-ring (bicyclic) bond motifs is 1. The average Bonchev–Trinajstić information content (AvgIpc) is 2.54. The summed E-state index contributed by atoms with van der Waals surface area (Å²) >= 11 is 0. The van der Waals surface area contributed by atoms with Gasteiger partial charge >= 0.3 is 5.97 Å². The summed E-state index contributed by atoms with van der Waals surface area (Å²) in [5, 5.41) is 8.81. The van der Waals surface area contributed by atoms with E-state index >= 15 is 0 Å². The third-order valence-corrected chi connectivity index (χ3v) is 2.31. The predicted octanol–water partition coefficient (Wildman–Crippen LogP) is 0.673. The summed E-state index contributed by atoms with van der Waals surface area (Å²) < 4.78 is 6.67. The number of aliphatic carboxylic acids is 1. The largest absolute Gasteiger partial charge is 0.481 e. The molecule has 84 valence electrons. The van der Waals surface area contributed by atoms with Crippen molar-refractivity contribution in [2.45, 2.75) is 13.3 Å². The van der Waals surface area contributed by atoms with Crippen molar-refractivity contribution in [2.75, 3.05) is 7.11 Å². The Balaban J connectivity index is 2.61. The van der Waals surface area contributed by atoms with Crippen molar-refractivity contribution in [3.05, 3.63) is 23.8 Å². The highest BCUT2D eigenvalue weighted by Crippen LogP contribution is 2.15. The van der Waals surface area contributed by atoms with Crippen LogP contribution in [0.25, 0.3) is 5.65 Å². The van der Waals surface area contributed by atoms with Gasteiger partial charge in [0.1, 0.15) is 0 Å². The van der Waals surface area contributed by atoms with E-state index in [1.807, 2.05) is 0 Å². The summed E-state index contributed by atoms with van der Waals surface area (Å²) in [7, 11) is 1.51. The number of rotatable bonds is 3. The van der Waals surface area contributed by atoms with E-state index in [-0.39, 0.29) is 6.42 Å². The molecule has 0 atom stereocenters. The molecular weight excluding hydrogens is 210 g/mol. The van der Waals surface area contributed by atoms with E-state index in [4.69, 9.17) is 9.84 Å². The zero-order valence-electron chi connectivity index (χ0n) is 8.97. The maximum absolute atomic E-state index is 10.7. The van der Waals surface area contributed by atoms with Crippen LogP contribution in [0.1, 0.15) is 11.4 Å². The molecular formula is C10H11N3O3. The molecule has 16 heavy (non-hydrogen) atoms. The second-order valence-corrected chi connectivity index (χ2v) is 3.37. The number of carboxylic acid groups (broad SMARTS) is 1. The fraction of sp³-hybridized carbons (Fsp3) is 0.300. The van der Waals surface area contributed by atoms with Crippen molar-refractivity contribution in [1.29, 1.82) is 0 Å². The van der Waals surface area contributed by atoms with Gasteiger partial charge < -0.3 is 9.84 Å². The molecule has 0 bridgehead atoms. The van der Waals surface area contributed by atoms with Crippen LogP contribution in [0.15, 0.2) is 12.4 Å². The van der Waals surface area contributed by atoms with Crippen molar-refractivity contribution < 1.29 is 14.6 Å². The number of carbonyl (C=O) groups is 1. The van der Waals surface area contributed by atoms with Crippen LogP contribution in [0.4, 0.5) is 0 Å². The van der Waals surface area contributed by atoms with E-state index in [9.17, 15) is 4.79 Å². The summed E-state index contributed by atoms with van der Waals surface area (Å²) in [6.45, 7) is 1.78. The predicted molar refractivity (Wildman–Crippen MR) is 55.6 cm³/mol. The van der Waals surface area contributed by atoms with Gasteiger partial charge in [0.2, 0.25) is 5.88 Å². The van der Waals surface area contributed by atoms with Crippen LogP contribution >= 0.6 is 0 Å². The second-order valence-electron chi connectivity index (χ2n) is 3.37. The summed E-state index contributed by atoms with van der Waals surface area (Å²) in [5.74, 6) is -0.461. The number of nitrogens with zero attached hydrogens (tertiary/aromatic N) is 3. The molecule has 0 saturated carbocycles. The number of imidazole rings is 1. The number of hydrogen-bond acceptors (Lipinski definition) is 4. The van der Waals surface area contributed by atoms with Gasteiger partial charge in [0.05, 0.1) is 37.3 Å². The maximum atomic E-state index is 10.7. The Hall–Kier alpha value is -2.11. The smallest absolute Gasteiger partial charge is 0.309 e. The van der Waals surface area contributed by atoms with Crippen LogP contribution in [0.5, 0.6) is 5.88 Å². The van der Waals surface area contributed by atoms with E-state index in [0.29, 0.717) is 22.9 Å². The molecule has 6 heteroatoms. The Morgan fingerprint density at radius 2 is 2.38 bits per heavy atom. The first-order chi connectivity index (χ1) is 7.61. The van der Waals surface area contributed by atoms with Gasteiger partial charge in [-0.15, -0.1) is 0 Å². The van der Waals surface area contributed by atoms with E-state index in [1.165, 1.54) is 7.11 Å². The summed E-state index contributed by atoms with van der Waals surface area (Å²) in [5.41, 5.74) is 1.95.